The second kappa shape index (κ2) is 5.62. The van der Waals surface area contributed by atoms with Crippen LogP contribution in [0.2, 0.25) is 0 Å². The van der Waals surface area contributed by atoms with Gasteiger partial charge in [-0.05, 0) is 41.6 Å². The highest BCUT2D eigenvalue weighted by Crippen LogP contribution is 2.24. The summed E-state index contributed by atoms with van der Waals surface area (Å²) >= 11 is 2.07. The van der Waals surface area contributed by atoms with Gasteiger partial charge in [0.1, 0.15) is 5.37 Å². The smallest absolute Gasteiger partial charge is 0.225 e. The van der Waals surface area contributed by atoms with Gasteiger partial charge in [-0.2, -0.15) is 0 Å². The van der Waals surface area contributed by atoms with E-state index >= 15 is 0 Å². The first-order valence-electron chi connectivity index (χ1n) is 4.63. The zero-order valence-electron chi connectivity index (χ0n) is 8.88. The van der Waals surface area contributed by atoms with Crippen molar-refractivity contribution in [2.45, 2.75) is 19.2 Å². The average Bonchev–Trinajstić information content (AvgIpc) is 2.20. The molecule has 0 radical (unpaired) electrons. The Labute approximate surface area is 110 Å². The predicted octanol–water partition coefficient (Wildman–Crippen LogP) is 1.60. The number of carbonyl (C=O) groups excluding carboxylic acids is 1. The van der Waals surface area contributed by atoms with Crippen molar-refractivity contribution in [1.29, 1.82) is 0 Å². The molecule has 0 aliphatic carbocycles. The van der Waals surface area contributed by atoms with E-state index in [1.807, 2.05) is 12.1 Å². The van der Waals surface area contributed by atoms with Crippen molar-refractivity contribution >= 4 is 44.9 Å². The summed E-state index contributed by atoms with van der Waals surface area (Å²) in [5, 5.41) is -0.830. The number of benzene rings is 1. The largest absolute Gasteiger partial charge is 0.295 e. The molecular formula is C10H12INO3S. The van der Waals surface area contributed by atoms with Crippen LogP contribution in [0.25, 0.3) is 0 Å². The van der Waals surface area contributed by atoms with Crippen molar-refractivity contribution in [3.8, 4) is 0 Å². The second-order valence-corrected chi connectivity index (χ2v) is 5.74. The van der Waals surface area contributed by atoms with Crippen molar-refractivity contribution in [1.82, 2.24) is 0 Å². The van der Waals surface area contributed by atoms with Gasteiger partial charge in [-0.15, -0.1) is 0 Å². The summed E-state index contributed by atoms with van der Waals surface area (Å²) in [6, 6.07) is 7.18. The van der Waals surface area contributed by atoms with Gasteiger partial charge in [0.05, 0.1) is 5.69 Å². The summed E-state index contributed by atoms with van der Waals surface area (Å²) in [5.74, 6) is -0.282. The maximum atomic E-state index is 11.5. The highest BCUT2D eigenvalue weighted by atomic mass is 127. The zero-order valence-corrected chi connectivity index (χ0v) is 11.9. The van der Waals surface area contributed by atoms with Gasteiger partial charge in [0, 0.05) is 10.5 Å². The normalized spacial score (nSPS) is 12.5. The molecule has 0 aromatic heterocycles. The molecule has 0 bridgehead atoms. The zero-order chi connectivity index (χ0) is 12.3. The molecule has 0 saturated carbocycles. The van der Waals surface area contributed by atoms with Gasteiger partial charge in [0.15, 0.2) is 10.7 Å². The van der Waals surface area contributed by atoms with E-state index in [4.69, 9.17) is 0 Å². The maximum Gasteiger partial charge on any atom is 0.225 e. The molecule has 1 aromatic rings. The molecule has 0 heterocycles. The van der Waals surface area contributed by atoms with Crippen molar-refractivity contribution in [2.75, 3.05) is 4.90 Å². The molecule has 0 fully saturated rings. The molecule has 1 unspecified atom stereocenters. The van der Waals surface area contributed by atoms with Crippen LogP contribution >= 0.6 is 22.6 Å². The van der Waals surface area contributed by atoms with Crippen molar-refractivity contribution in [3.05, 3.63) is 27.8 Å². The van der Waals surface area contributed by atoms with E-state index in [1.165, 1.54) is 18.7 Å². The average molecular weight is 353 g/mol. The number of halogens is 1. The Morgan fingerprint density at radius 1 is 1.38 bits per heavy atom. The van der Waals surface area contributed by atoms with Gasteiger partial charge < -0.3 is 0 Å². The summed E-state index contributed by atoms with van der Waals surface area (Å²) in [4.78, 5) is 12.8. The van der Waals surface area contributed by atoms with Gasteiger partial charge in [-0.1, -0.05) is 12.1 Å². The molecule has 1 amide bonds. The molecule has 0 spiro atoms. The molecular weight excluding hydrogens is 341 g/mol. The Balaban J connectivity index is 3.23. The minimum atomic E-state index is -2.67. The first kappa shape index (κ1) is 13.4. The Morgan fingerprint density at radius 3 is 2.38 bits per heavy atom. The Morgan fingerprint density at radius 2 is 1.94 bits per heavy atom. The Kier molecular flexibility index (Phi) is 4.72. The third kappa shape index (κ3) is 2.94. The fourth-order valence-corrected chi connectivity index (χ4v) is 2.50. The topological polar surface area (TPSA) is 54.5 Å². The van der Waals surface area contributed by atoms with E-state index < -0.39 is 16.1 Å². The van der Waals surface area contributed by atoms with Crippen LogP contribution in [0.15, 0.2) is 24.3 Å². The van der Waals surface area contributed by atoms with Crippen molar-refractivity contribution in [3.63, 3.8) is 0 Å². The fraction of sp³-hybridized carbons (Fsp3) is 0.300. The van der Waals surface area contributed by atoms with Gasteiger partial charge in [0.2, 0.25) is 5.91 Å². The lowest BCUT2D eigenvalue weighted by Gasteiger charge is -2.25. The van der Waals surface area contributed by atoms with Gasteiger partial charge in [-0.3, -0.25) is 9.69 Å². The van der Waals surface area contributed by atoms with Crippen LogP contribution in [0.5, 0.6) is 0 Å². The standard InChI is InChI=1S/C10H12INO3S/c1-7(13)12(8(2)16(14)15)10-6-4-3-5-9(10)11/h3-6,8,16H,1-2H3. The highest BCUT2D eigenvalue weighted by Gasteiger charge is 2.22. The van der Waals surface area contributed by atoms with Crippen LogP contribution in [-0.4, -0.2) is 19.7 Å². The highest BCUT2D eigenvalue weighted by molar-refractivity contribution is 14.1. The molecule has 6 heteroatoms. The molecule has 1 aromatic carbocycles. The predicted molar refractivity (Wildman–Crippen MR) is 72.1 cm³/mol. The fourth-order valence-electron chi connectivity index (χ4n) is 1.38. The quantitative estimate of drug-likeness (QED) is 0.664. The minimum absolute atomic E-state index is 0.282. The number of carbonyl (C=O) groups is 1. The third-order valence-electron chi connectivity index (χ3n) is 2.13. The number of nitrogens with zero attached hydrogens (tertiary/aromatic N) is 1. The minimum Gasteiger partial charge on any atom is -0.295 e. The number of para-hydroxylation sites is 1. The summed E-state index contributed by atoms with van der Waals surface area (Å²) < 4.78 is 22.8. The van der Waals surface area contributed by atoms with Crippen LogP contribution in [0, 0.1) is 3.57 Å². The molecule has 0 aliphatic heterocycles. The lowest BCUT2D eigenvalue weighted by Crippen LogP contribution is -2.38. The number of rotatable bonds is 3. The van der Waals surface area contributed by atoms with Crippen molar-refractivity contribution < 1.29 is 13.2 Å². The first-order valence-corrected chi connectivity index (χ1v) is 6.95. The van der Waals surface area contributed by atoms with Crippen LogP contribution in [0.1, 0.15) is 13.8 Å². The number of hydrogen-bond donors (Lipinski definition) is 1. The Hall–Kier alpha value is -0.630. The monoisotopic (exact) mass is 353 g/mol. The van der Waals surface area contributed by atoms with Crippen LogP contribution in [-0.2, 0) is 15.5 Å². The lowest BCUT2D eigenvalue weighted by atomic mass is 10.3. The lowest BCUT2D eigenvalue weighted by molar-refractivity contribution is -0.116. The molecule has 0 saturated heterocycles. The van der Waals surface area contributed by atoms with Crippen molar-refractivity contribution in [2.24, 2.45) is 0 Å². The SMILES string of the molecule is CC(=O)N(c1ccccc1I)C(C)[SH](=O)=O. The first-order chi connectivity index (χ1) is 7.45. The van der Waals surface area contributed by atoms with Gasteiger partial charge in [0.25, 0.3) is 0 Å². The molecule has 0 aliphatic rings. The maximum absolute atomic E-state index is 11.5. The van der Waals surface area contributed by atoms with E-state index in [0.29, 0.717) is 5.69 Å². The summed E-state index contributed by atoms with van der Waals surface area (Å²) in [5.41, 5.74) is 0.627. The Bertz CT molecular complexity index is 465. The molecule has 1 rings (SSSR count). The van der Waals surface area contributed by atoms with Gasteiger partial charge in [-0.25, -0.2) is 8.42 Å². The summed E-state index contributed by atoms with van der Waals surface area (Å²) in [6.07, 6.45) is 0. The second-order valence-electron chi connectivity index (χ2n) is 3.26. The molecule has 88 valence electrons. The molecule has 0 N–H and O–H groups in total. The molecule has 1 atom stereocenters. The van der Waals surface area contributed by atoms with Gasteiger partial charge >= 0.3 is 0 Å². The summed E-state index contributed by atoms with van der Waals surface area (Å²) in [7, 11) is -2.67. The number of hydrogen-bond acceptors (Lipinski definition) is 3. The van der Waals surface area contributed by atoms with Crippen LogP contribution in [0.3, 0.4) is 0 Å². The molecule has 4 nitrogen and oxygen atoms in total. The molecule has 16 heavy (non-hydrogen) atoms. The van der Waals surface area contributed by atoms with Crippen LogP contribution < -0.4 is 4.90 Å². The third-order valence-corrected chi connectivity index (χ3v) is 3.88. The van der Waals surface area contributed by atoms with E-state index in [0.717, 1.165) is 3.57 Å². The number of thiol groups is 1. The number of anilines is 1. The van der Waals surface area contributed by atoms with E-state index in [-0.39, 0.29) is 5.91 Å². The van der Waals surface area contributed by atoms with Crippen LogP contribution in [0.4, 0.5) is 5.69 Å². The number of amides is 1. The van der Waals surface area contributed by atoms with E-state index in [9.17, 15) is 13.2 Å². The van der Waals surface area contributed by atoms with E-state index in [1.54, 1.807) is 12.1 Å². The summed E-state index contributed by atoms with van der Waals surface area (Å²) in [6.45, 7) is 2.86. The van der Waals surface area contributed by atoms with E-state index in [2.05, 4.69) is 22.6 Å².